The highest BCUT2D eigenvalue weighted by Crippen LogP contribution is 2.37. The minimum absolute atomic E-state index is 0.278. The largest absolute Gasteiger partial charge is 0.481 e. The molecule has 1 fully saturated rings. The predicted octanol–water partition coefficient (Wildman–Crippen LogP) is 1.30. The Labute approximate surface area is 156 Å². The second-order valence-corrected chi connectivity index (χ2v) is 6.41. The molecule has 28 heavy (non-hydrogen) atoms. The van der Waals surface area contributed by atoms with Gasteiger partial charge in [-0.15, -0.1) is 0 Å². The lowest BCUT2D eigenvalue weighted by molar-refractivity contribution is -0.187. The van der Waals surface area contributed by atoms with Gasteiger partial charge in [0, 0.05) is 25.8 Å². The zero-order chi connectivity index (χ0) is 20.6. The number of halogens is 3. The molecule has 2 heterocycles. The molecule has 1 aromatic carbocycles. The topological polar surface area (TPSA) is 109 Å². The van der Waals surface area contributed by atoms with Gasteiger partial charge in [-0.1, -0.05) is 0 Å². The highest BCUT2D eigenvalue weighted by molar-refractivity contribution is 5.90. The second-order valence-electron chi connectivity index (χ2n) is 6.41. The van der Waals surface area contributed by atoms with E-state index in [-0.39, 0.29) is 11.4 Å². The summed E-state index contributed by atoms with van der Waals surface area (Å²) in [6.07, 6.45) is -3.38. The van der Waals surface area contributed by atoms with Crippen LogP contribution in [-0.4, -0.2) is 55.6 Å². The van der Waals surface area contributed by atoms with Gasteiger partial charge in [-0.2, -0.15) is 23.0 Å². The molecule has 1 aliphatic heterocycles. The number of aliphatic carboxylic acids is 1. The lowest BCUT2D eigenvalue weighted by atomic mass is 9.96. The number of aryl methyl sites for hydroxylation is 1. The van der Waals surface area contributed by atoms with Gasteiger partial charge in [0.1, 0.15) is 6.33 Å². The predicted molar refractivity (Wildman–Crippen MR) is 90.1 cm³/mol. The van der Waals surface area contributed by atoms with Crippen LogP contribution in [0, 0.1) is 11.8 Å². The van der Waals surface area contributed by atoms with Crippen molar-refractivity contribution in [2.45, 2.75) is 6.18 Å². The summed E-state index contributed by atoms with van der Waals surface area (Å²) < 4.78 is 41.5. The van der Waals surface area contributed by atoms with E-state index in [9.17, 15) is 27.6 Å². The van der Waals surface area contributed by atoms with Crippen molar-refractivity contribution in [2.24, 2.45) is 18.9 Å². The molecule has 2 atom stereocenters. The number of carboxylic acid groups (broad SMARTS) is 1. The van der Waals surface area contributed by atoms with Crippen LogP contribution in [0.5, 0.6) is 0 Å². The van der Waals surface area contributed by atoms with Crippen molar-refractivity contribution in [3.05, 3.63) is 41.1 Å². The Morgan fingerprint density at radius 1 is 1.21 bits per heavy atom. The van der Waals surface area contributed by atoms with Crippen molar-refractivity contribution in [2.75, 3.05) is 18.4 Å². The van der Waals surface area contributed by atoms with Crippen molar-refractivity contribution in [1.82, 2.24) is 19.2 Å². The Morgan fingerprint density at radius 2 is 1.86 bits per heavy atom. The molecule has 0 aliphatic carbocycles. The summed E-state index contributed by atoms with van der Waals surface area (Å²) in [5.74, 6) is -5.42. The summed E-state index contributed by atoms with van der Waals surface area (Å²) in [4.78, 5) is 36.0. The number of benzene rings is 1. The van der Waals surface area contributed by atoms with E-state index in [2.05, 4.69) is 10.4 Å². The number of amides is 2. The highest BCUT2D eigenvalue weighted by Gasteiger charge is 2.53. The Hall–Kier alpha value is -3.31. The number of urea groups is 1. The molecule has 0 unspecified atom stereocenters. The van der Waals surface area contributed by atoms with Crippen LogP contribution < -0.4 is 11.0 Å². The average Bonchev–Trinajstić information content (AvgIpc) is 3.21. The maximum absolute atomic E-state index is 13.0. The SMILES string of the molecule is Cn1cnn(-c2ccc(NC(=O)N3C[C@@H](C(F)(F)F)[C@H](C(=O)O)C3)cc2)c1=O. The zero-order valence-corrected chi connectivity index (χ0v) is 14.6. The molecule has 150 valence electrons. The first-order chi connectivity index (χ1) is 13.1. The van der Waals surface area contributed by atoms with E-state index in [1.54, 1.807) is 0 Å². The van der Waals surface area contributed by atoms with Gasteiger partial charge in [0.25, 0.3) is 0 Å². The van der Waals surface area contributed by atoms with Crippen molar-refractivity contribution >= 4 is 17.7 Å². The molecule has 1 saturated heterocycles. The summed E-state index contributed by atoms with van der Waals surface area (Å²) in [7, 11) is 1.54. The Morgan fingerprint density at radius 3 is 2.32 bits per heavy atom. The molecule has 0 radical (unpaired) electrons. The van der Waals surface area contributed by atoms with E-state index in [1.165, 1.54) is 42.2 Å². The van der Waals surface area contributed by atoms with Crippen LogP contribution in [0.15, 0.2) is 35.4 Å². The molecule has 1 aliphatic rings. The number of nitrogens with one attached hydrogen (secondary N) is 1. The standard InChI is InChI=1S/C16H16F3N5O4/c1-22-8-20-24(15(22)28)10-4-2-9(3-5-10)21-14(27)23-6-11(13(25)26)12(7-23)16(17,18)19/h2-5,8,11-12H,6-7H2,1H3,(H,21,27)(H,25,26)/t11-,12-/m1/s1. The van der Waals surface area contributed by atoms with E-state index < -0.39 is 43.1 Å². The minimum atomic E-state index is -4.71. The first kappa shape index (κ1) is 19.5. The van der Waals surface area contributed by atoms with Crippen LogP contribution >= 0.6 is 0 Å². The van der Waals surface area contributed by atoms with E-state index in [0.29, 0.717) is 5.69 Å². The maximum atomic E-state index is 13.0. The van der Waals surface area contributed by atoms with Crippen LogP contribution in [-0.2, 0) is 11.8 Å². The van der Waals surface area contributed by atoms with Crippen LogP contribution in [0.25, 0.3) is 5.69 Å². The molecule has 0 saturated carbocycles. The van der Waals surface area contributed by atoms with E-state index >= 15 is 0 Å². The lowest BCUT2D eigenvalue weighted by Crippen LogP contribution is -2.35. The monoisotopic (exact) mass is 399 g/mol. The third-order valence-electron chi connectivity index (χ3n) is 4.53. The van der Waals surface area contributed by atoms with Gasteiger partial charge >= 0.3 is 23.9 Å². The first-order valence-corrected chi connectivity index (χ1v) is 8.14. The number of likely N-dealkylation sites (tertiary alicyclic amines) is 1. The number of anilines is 1. The van der Waals surface area contributed by atoms with Crippen molar-refractivity contribution in [1.29, 1.82) is 0 Å². The number of hydrogen-bond acceptors (Lipinski definition) is 4. The zero-order valence-electron chi connectivity index (χ0n) is 14.6. The van der Waals surface area contributed by atoms with Gasteiger partial charge in [-0.05, 0) is 24.3 Å². The normalized spacial score (nSPS) is 19.6. The fourth-order valence-corrected chi connectivity index (χ4v) is 2.99. The van der Waals surface area contributed by atoms with Gasteiger partial charge in [0.2, 0.25) is 0 Å². The average molecular weight is 399 g/mol. The molecule has 12 heteroatoms. The lowest BCUT2D eigenvalue weighted by Gasteiger charge is -2.18. The Balaban J connectivity index is 1.70. The quantitative estimate of drug-likeness (QED) is 0.809. The molecule has 1 aromatic heterocycles. The number of rotatable bonds is 3. The highest BCUT2D eigenvalue weighted by atomic mass is 19.4. The van der Waals surface area contributed by atoms with Crippen LogP contribution in [0.2, 0.25) is 0 Å². The van der Waals surface area contributed by atoms with Gasteiger partial charge in [-0.3, -0.25) is 9.36 Å². The number of aromatic nitrogens is 3. The number of hydrogen-bond donors (Lipinski definition) is 2. The molecule has 9 nitrogen and oxygen atoms in total. The molecule has 2 amide bonds. The number of nitrogens with zero attached hydrogens (tertiary/aromatic N) is 4. The summed E-state index contributed by atoms with van der Waals surface area (Å²) >= 11 is 0. The molecule has 2 aromatic rings. The van der Waals surface area contributed by atoms with Crippen molar-refractivity contribution < 1.29 is 27.9 Å². The summed E-state index contributed by atoms with van der Waals surface area (Å²) in [5, 5.41) is 15.3. The van der Waals surface area contributed by atoms with Crippen LogP contribution in [0.3, 0.4) is 0 Å². The summed E-state index contributed by atoms with van der Waals surface area (Å²) in [6, 6.07) is 5.10. The second kappa shape index (κ2) is 7.02. The van der Waals surface area contributed by atoms with E-state index in [1.807, 2.05) is 0 Å². The molecule has 0 spiro atoms. The van der Waals surface area contributed by atoms with Gasteiger partial charge in [0.15, 0.2) is 0 Å². The minimum Gasteiger partial charge on any atom is -0.481 e. The number of alkyl halides is 3. The molecular weight excluding hydrogens is 383 g/mol. The van der Waals surface area contributed by atoms with Gasteiger partial charge < -0.3 is 15.3 Å². The smallest absolute Gasteiger partial charge is 0.394 e. The third-order valence-corrected chi connectivity index (χ3v) is 4.53. The Bertz CT molecular complexity index is 950. The first-order valence-electron chi connectivity index (χ1n) is 8.14. The molecule has 0 bridgehead atoms. The van der Waals surface area contributed by atoms with Crippen LogP contribution in [0.4, 0.5) is 23.7 Å². The van der Waals surface area contributed by atoms with Crippen molar-refractivity contribution in [3.63, 3.8) is 0 Å². The van der Waals surface area contributed by atoms with Gasteiger partial charge in [-0.25, -0.2) is 9.59 Å². The number of carboxylic acids is 1. The van der Waals surface area contributed by atoms with Gasteiger partial charge in [0.05, 0.1) is 17.5 Å². The Kier molecular flexibility index (Phi) is 4.87. The summed E-state index contributed by atoms with van der Waals surface area (Å²) in [5.41, 5.74) is 0.347. The third kappa shape index (κ3) is 3.70. The number of carbonyl (C=O) groups excluding carboxylic acids is 1. The molecule has 3 rings (SSSR count). The maximum Gasteiger partial charge on any atom is 0.394 e. The van der Waals surface area contributed by atoms with E-state index in [4.69, 9.17) is 5.11 Å². The fraction of sp³-hybridized carbons (Fsp3) is 0.375. The molecule has 2 N–H and O–H groups in total. The van der Waals surface area contributed by atoms with Crippen molar-refractivity contribution in [3.8, 4) is 5.69 Å². The molecular formula is C16H16F3N5O4. The fourth-order valence-electron chi connectivity index (χ4n) is 2.99. The summed E-state index contributed by atoms with van der Waals surface area (Å²) in [6.45, 7) is -1.26. The van der Waals surface area contributed by atoms with Crippen LogP contribution in [0.1, 0.15) is 0 Å². The number of carbonyl (C=O) groups is 2. The van der Waals surface area contributed by atoms with E-state index in [0.717, 1.165) is 9.58 Å².